The maximum absolute atomic E-state index is 5.33. The second-order valence-corrected chi connectivity index (χ2v) is 3.06. The van der Waals surface area contributed by atoms with Gasteiger partial charge >= 0.3 is 0 Å². The molecule has 0 atom stereocenters. The van der Waals surface area contributed by atoms with E-state index in [-0.39, 0.29) is 0 Å². The van der Waals surface area contributed by atoms with Crippen molar-refractivity contribution < 1.29 is 9.47 Å². The van der Waals surface area contributed by atoms with E-state index in [0.717, 1.165) is 16.9 Å². The summed E-state index contributed by atoms with van der Waals surface area (Å²) in [5, 5.41) is 0. The third kappa shape index (κ3) is 3.23. The van der Waals surface area contributed by atoms with Crippen molar-refractivity contribution in [2.45, 2.75) is 13.8 Å². The first-order valence-electron chi connectivity index (χ1n) is 4.70. The minimum absolute atomic E-state index is 0.308. The number of hydrogen-bond acceptors (Lipinski definition) is 2. The highest BCUT2D eigenvalue weighted by molar-refractivity contribution is 5.61. The minimum atomic E-state index is 0.308. The largest absolute Gasteiger partial charge is 0.468 e. The van der Waals surface area contributed by atoms with Crippen LogP contribution in [0.3, 0.4) is 0 Å². The summed E-state index contributed by atoms with van der Waals surface area (Å²) < 4.78 is 10.4. The van der Waals surface area contributed by atoms with Gasteiger partial charge in [-0.3, -0.25) is 0 Å². The Bertz CT molecular complexity index is 288. The Morgan fingerprint density at radius 3 is 2.43 bits per heavy atom. The first-order chi connectivity index (χ1) is 6.74. The van der Waals surface area contributed by atoms with Gasteiger partial charge in [0.25, 0.3) is 0 Å². The molecule has 0 spiro atoms. The van der Waals surface area contributed by atoms with E-state index in [1.54, 1.807) is 0 Å². The van der Waals surface area contributed by atoms with Crippen LogP contribution in [0.5, 0.6) is 5.75 Å². The van der Waals surface area contributed by atoms with Crippen LogP contribution in [0.25, 0.3) is 5.57 Å². The highest BCUT2D eigenvalue weighted by atomic mass is 16.7. The number of benzene rings is 1. The first kappa shape index (κ1) is 10.8. The SMILES string of the molecule is C=C(C)c1ccc(OCOCC)cc1. The molecule has 1 rings (SSSR count). The van der Waals surface area contributed by atoms with Gasteiger partial charge in [0.1, 0.15) is 5.75 Å². The zero-order valence-corrected chi connectivity index (χ0v) is 8.75. The third-order valence-electron chi connectivity index (χ3n) is 1.86. The van der Waals surface area contributed by atoms with Crippen molar-refractivity contribution in [3.63, 3.8) is 0 Å². The van der Waals surface area contributed by atoms with Crippen LogP contribution in [0.4, 0.5) is 0 Å². The fraction of sp³-hybridized carbons (Fsp3) is 0.333. The predicted octanol–water partition coefficient (Wildman–Crippen LogP) is 3.09. The molecule has 0 unspecified atom stereocenters. The monoisotopic (exact) mass is 192 g/mol. The fourth-order valence-electron chi connectivity index (χ4n) is 1.03. The zero-order chi connectivity index (χ0) is 10.4. The summed E-state index contributed by atoms with van der Waals surface area (Å²) in [5.41, 5.74) is 2.19. The quantitative estimate of drug-likeness (QED) is 0.527. The molecule has 1 aromatic carbocycles. The number of allylic oxidation sites excluding steroid dienone is 1. The van der Waals surface area contributed by atoms with Crippen molar-refractivity contribution in [2.75, 3.05) is 13.4 Å². The Morgan fingerprint density at radius 1 is 1.29 bits per heavy atom. The van der Waals surface area contributed by atoms with E-state index in [1.165, 1.54) is 0 Å². The summed E-state index contributed by atoms with van der Waals surface area (Å²) >= 11 is 0. The highest BCUT2D eigenvalue weighted by Crippen LogP contribution is 2.16. The number of rotatable bonds is 5. The molecule has 0 amide bonds. The van der Waals surface area contributed by atoms with Gasteiger partial charge in [-0.15, -0.1) is 0 Å². The zero-order valence-electron chi connectivity index (χ0n) is 8.75. The van der Waals surface area contributed by atoms with Gasteiger partial charge in [0.2, 0.25) is 0 Å². The summed E-state index contributed by atoms with van der Waals surface area (Å²) in [6.07, 6.45) is 0. The molecule has 0 radical (unpaired) electrons. The summed E-state index contributed by atoms with van der Waals surface area (Å²) in [4.78, 5) is 0. The normalized spacial score (nSPS) is 9.86. The topological polar surface area (TPSA) is 18.5 Å². The fourth-order valence-corrected chi connectivity index (χ4v) is 1.03. The van der Waals surface area contributed by atoms with Crippen molar-refractivity contribution in [3.8, 4) is 5.75 Å². The molecule has 0 aromatic heterocycles. The Morgan fingerprint density at radius 2 is 1.93 bits per heavy atom. The first-order valence-corrected chi connectivity index (χ1v) is 4.70. The molecule has 0 saturated carbocycles. The number of ether oxygens (including phenoxy) is 2. The van der Waals surface area contributed by atoms with Gasteiger partial charge in [0, 0.05) is 6.61 Å². The van der Waals surface area contributed by atoms with Gasteiger partial charge in [-0.05, 0) is 31.5 Å². The van der Waals surface area contributed by atoms with E-state index in [0.29, 0.717) is 13.4 Å². The molecule has 0 aliphatic carbocycles. The van der Waals surface area contributed by atoms with Gasteiger partial charge in [0.05, 0.1) is 0 Å². The molecule has 2 heteroatoms. The van der Waals surface area contributed by atoms with Gasteiger partial charge < -0.3 is 9.47 Å². The third-order valence-corrected chi connectivity index (χ3v) is 1.86. The molecule has 0 aliphatic rings. The molecule has 0 fully saturated rings. The molecule has 0 aliphatic heterocycles. The molecule has 76 valence electrons. The standard InChI is InChI=1S/C12H16O2/c1-4-13-9-14-12-7-5-11(6-8-12)10(2)3/h5-8H,2,4,9H2,1,3H3. The van der Waals surface area contributed by atoms with Crippen LogP contribution in [-0.2, 0) is 4.74 Å². The molecular formula is C12H16O2. The average molecular weight is 192 g/mol. The molecule has 2 nitrogen and oxygen atoms in total. The Hall–Kier alpha value is -1.28. The van der Waals surface area contributed by atoms with Gasteiger partial charge in [-0.25, -0.2) is 0 Å². The van der Waals surface area contributed by atoms with Gasteiger partial charge in [-0.2, -0.15) is 0 Å². The van der Waals surface area contributed by atoms with Crippen molar-refractivity contribution >= 4 is 5.57 Å². The molecule has 0 N–H and O–H groups in total. The Balaban J connectivity index is 2.51. The maximum atomic E-state index is 5.33. The van der Waals surface area contributed by atoms with Crippen LogP contribution in [0.15, 0.2) is 30.8 Å². The molecule has 1 aromatic rings. The Labute approximate surface area is 85.2 Å². The smallest absolute Gasteiger partial charge is 0.189 e. The second-order valence-electron chi connectivity index (χ2n) is 3.06. The molecule has 0 heterocycles. The molecule has 14 heavy (non-hydrogen) atoms. The van der Waals surface area contributed by atoms with E-state index in [1.807, 2.05) is 38.1 Å². The lowest BCUT2D eigenvalue weighted by Crippen LogP contribution is -2.01. The second kappa shape index (κ2) is 5.45. The van der Waals surface area contributed by atoms with Crippen LogP contribution in [-0.4, -0.2) is 13.4 Å². The van der Waals surface area contributed by atoms with Crippen molar-refractivity contribution in [1.82, 2.24) is 0 Å². The van der Waals surface area contributed by atoms with E-state index in [2.05, 4.69) is 6.58 Å². The van der Waals surface area contributed by atoms with E-state index in [9.17, 15) is 0 Å². The summed E-state index contributed by atoms with van der Waals surface area (Å²) in [5.74, 6) is 0.823. The minimum Gasteiger partial charge on any atom is -0.468 e. The molecular weight excluding hydrogens is 176 g/mol. The predicted molar refractivity (Wildman–Crippen MR) is 58.3 cm³/mol. The van der Waals surface area contributed by atoms with Crippen LogP contribution in [0.2, 0.25) is 0 Å². The van der Waals surface area contributed by atoms with Crippen LogP contribution in [0, 0.1) is 0 Å². The number of hydrogen-bond donors (Lipinski definition) is 0. The van der Waals surface area contributed by atoms with Crippen LogP contribution >= 0.6 is 0 Å². The van der Waals surface area contributed by atoms with E-state index < -0.39 is 0 Å². The van der Waals surface area contributed by atoms with Crippen molar-refractivity contribution in [1.29, 1.82) is 0 Å². The van der Waals surface area contributed by atoms with E-state index in [4.69, 9.17) is 9.47 Å². The van der Waals surface area contributed by atoms with Crippen molar-refractivity contribution in [3.05, 3.63) is 36.4 Å². The lowest BCUT2D eigenvalue weighted by molar-refractivity contribution is 0.0224. The van der Waals surface area contributed by atoms with Crippen molar-refractivity contribution in [2.24, 2.45) is 0 Å². The highest BCUT2D eigenvalue weighted by Gasteiger charge is 1.95. The van der Waals surface area contributed by atoms with E-state index >= 15 is 0 Å². The average Bonchev–Trinajstić information content (AvgIpc) is 2.19. The van der Waals surface area contributed by atoms with Crippen LogP contribution in [0.1, 0.15) is 19.4 Å². The summed E-state index contributed by atoms with van der Waals surface area (Å²) in [7, 11) is 0. The van der Waals surface area contributed by atoms with Crippen LogP contribution < -0.4 is 4.74 Å². The Kier molecular flexibility index (Phi) is 4.20. The lowest BCUT2D eigenvalue weighted by Gasteiger charge is -2.06. The molecule has 0 bridgehead atoms. The molecule has 0 saturated heterocycles. The maximum Gasteiger partial charge on any atom is 0.189 e. The summed E-state index contributed by atoms with van der Waals surface area (Å²) in [6.45, 7) is 8.76. The lowest BCUT2D eigenvalue weighted by atomic mass is 10.1. The van der Waals surface area contributed by atoms with Gasteiger partial charge in [0.15, 0.2) is 6.79 Å². The van der Waals surface area contributed by atoms with Gasteiger partial charge in [-0.1, -0.05) is 24.3 Å². The summed E-state index contributed by atoms with van der Waals surface area (Å²) in [6, 6.07) is 7.82.